The van der Waals surface area contributed by atoms with Crippen LogP contribution in [0.5, 0.6) is 0 Å². The van der Waals surface area contributed by atoms with Crippen molar-refractivity contribution in [2.75, 3.05) is 0 Å². The maximum atomic E-state index is 3.72. The van der Waals surface area contributed by atoms with Gasteiger partial charge in [0.1, 0.15) is 0 Å². The van der Waals surface area contributed by atoms with E-state index in [0.717, 1.165) is 0 Å². The number of halogens is 1. The van der Waals surface area contributed by atoms with Crippen molar-refractivity contribution < 1.29 is 0 Å². The molecule has 2 aromatic carbocycles. The van der Waals surface area contributed by atoms with Crippen molar-refractivity contribution in [3.63, 3.8) is 0 Å². The highest BCUT2D eigenvalue weighted by molar-refractivity contribution is 9.11. The zero-order valence-corrected chi connectivity index (χ0v) is 15.9. The van der Waals surface area contributed by atoms with Crippen molar-refractivity contribution in [1.82, 2.24) is 0 Å². The first-order valence-corrected chi connectivity index (χ1v) is 10.3. The van der Waals surface area contributed by atoms with E-state index in [2.05, 4.69) is 94.1 Å². The zero-order chi connectivity index (χ0) is 16.1. The van der Waals surface area contributed by atoms with Crippen LogP contribution in [-0.2, 0) is 5.41 Å². The Morgan fingerprint density at radius 2 is 1.33 bits per heavy atom. The van der Waals surface area contributed by atoms with Gasteiger partial charge in [0.2, 0.25) is 0 Å². The van der Waals surface area contributed by atoms with E-state index in [1.165, 1.54) is 35.8 Å². The van der Waals surface area contributed by atoms with Gasteiger partial charge in [-0.05, 0) is 55.7 Å². The Bertz CT molecular complexity index is 973. The third-order valence-electron chi connectivity index (χ3n) is 4.80. The van der Waals surface area contributed by atoms with Crippen LogP contribution in [0.15, 0.2) is 82.0 Å². The molecule has 0 aliphatic heterocycles. The Morgan fingerprint density at radius 1 is 0.708 bits per heavy atom. The van der Waals surface area contributed by atoms with Crippen molar-refractivity contribution in [1.29, 1.82) is 0 Å². The van der Waals surface area contributed by atoms with E-state index in [1.807, 2.05) is 22.7 Å². The van der Waals surface area contributed by atoms with Gasteiger partial charge < -0.3 is 0 Å². The lowest BCUT2D eigenvalue weighted by Gasteiger charge is -2.32. The first-order valence-electron chi connectivity index (χ1n) is 7.81. The highest BCUT2D eigenvalue weighted by Crippen LogP contribution is 2.60. The minimum absolute atomic E-state index is 0.213. The Hall–Kier alpha value is -1.68. The third kappa shape index (κ3) is 1.83. The van der Waals surface area contributed by atoms with Crippen LogP contribution in [-0.4, -0.2) is 0 Å². The maximum absolute atomic E-state index is 3.72. The van der Waals surface area contributed by atoms with Crippen molar-refractivity contribution >= 4 is 38.6 Å². The van der Waals surface area contributed by atoms with E-state index in [-0.39, 0.29) is 5.41 Å². The normalized spacial score (nSPS) is 14.4. The molecule has 4 aromatic rings. The lowest BCUT2D eigenvalue weighted by molar-refractivity contribution is 0.772. The summed E-state index contributed by atoms with van der Waals surface area (Å²) >= 11 is 7.41. The van der Waals surface area contributed by atoms with Crippen LogP contribution < -0.4 is 0 Å². The maximum Gasteiger partial charge on any atom is 0.0730 e. The topological polar surface area (TPSA) is 0 Å². The van der Waals surface area contributed by atoms with Crippen LogP contribution in [0.4, 0.5) is 0 Å². The smallest absolute Gasteiger partial charge is 0.0730 e. The summed E-state index contributed by atoms with van der Waals surface area (Å²) in [4.78, 5) is 2.81. The molecule has 0 N–H and O–H groups in total. The van der Waals surface area contributed by atoms with Crippen LogP contribution in [0, 0.1) is 0 Å². The standard InChI is InChI=1S/C21H13BrS2/c22-18-13-17-20(24-18)19-16(11-12-23-19)21(17,14-7-3-1-4-8-14)15-9-5-2-6-10-15/h1-13H. The van der Waals surface area contributed by atoms with Crippen LogP contribution in [0.2, 0.25) is 0 Å². The fourth-order valence-electron chi connectivity index (χ4n) is 3.90. The summed E-state index contributed by atoms with van der Waals surface area (Å²) in [6.45, 7) is 0. The second-order valence-electron chi connectivity index (χ2n) is 5.94. The van der Waals surface area contributed by atoms with Crippen LogP contribution >= 0.6 is 38.6 Å². The van der Waals surface area contributed by atoms with E-state index in [1.54, 1.807) is 0 Å². The molecule has 24 heavy (non-hydrogen) atoms. The molecule has 0 saturated carbocycles. The third-order valence-corrected chi connectivity index (χ3v) is 7.51. The molecule has 0 nitrogen and oxygen atoms in total. The molecule has 116 valence electrons. The molecular formula is C21H13BrS2. The predicted molar refractivity (Wildman–Crippen MR) is 107 cm³/mol. The molecule has 0 unspecified atom stereocenters. The van der Waals surface area contributed by atoms with Gasteiger partial charge in [0.15, 0.2) is 0 Å². The number of rotatable bonds is 2. The van der Waals surface area contributed by atoms with Gasteiger partial charge in [0, 0.05) is 4.88 Å². The highest BCUT2D eigenvalue weighted by Gasteiger charge is 2.47. The van der Waals surface area contributed by atoms with Gasteiger partial charge in [-0.25, -0.2) is 0 Å². The molecule has 0 spiro atoms. The van der Waals surface area contributed by atoms with E-state index in [9.17, 15) is 0 Å². The van der Waals surface area contributed by atoms with Crippen molar-refractivity contribution in [2.45, 2.75) is 5.41 Å². The van der Waals surface area contributed by atoms with Gasteiger partial charge in [0.05, 0.1) is 14.1 Å². The van der Waals surface area contributed by atoms with E-state index >= 15 is 0 Å². The molecule has 2 heterocycles. The summed E-state index contributed by atoms with van der Waals surface area (Å²) < 4.78 is 1.20. The first-order chi connectivity index (χ1) is 11.8. The predicted octanol–water partition coefficient (Wildman–Crippen LogP) is 6.94. The molecule has 0 amide bonds. The van der Waals surface area contributed by atoms with Gasteiger partial charge in [-0.3, -0.25) is 0 Å². The van der Waals surface area contributed by atoms with Crippen molar-refractivity contribution in [3.8, 4) is 9.75 Å². The van der Waals surface area contributed by atoms with Crippen LogP contribution in [0.1, 0.15) is 22.3 Å². The molecule has 0 bridgehead atoms. The summed E-state index contributed by atoms with van der Waals surface area (Å²) in [6.07, 6.45) is 0. The highest BCUT2D eigenvalue weighted by atomic mass is 79.9. The quantitative estimate of drug-likeness (QED) is 0.296. The van der Waals surface area contributed by atoms with Gasteiger partial charge in [-0.15, -0.1) is 22.7 Å². The Labute approximate surface area is 157 Å². The number of fused-ring (bicyclic) bond motifs is 3. The average molecular weight is 409 g/mol. The van der Waals surface area contributed by atoms with E-state index in [0.29, 0.717) is 0 Å². The number of benzene rings is 2. The van der Waals surface area contributed by atoms with E-state index < -0.39 is 0 Å². The molecule has 5 rings (SSSR count). The minimum atomic E-state index is -0.213. The zero-order valence-electron chi connectivity index (χ0n) is 12.7. The summed E-state index contributed by atoms with van der Waals surface area (Å²) in [5, 5.41) is 2.22. The molecule has 0 atom stereocenters. The molecule has 1 aliphatic carbocycles. The molecule has 3 heteroatoms. The number of thiophene rings is 2. The molecule has 2 aromatic heterocycles. The molecule has 0 fully saturated rings. The lowest BCUT2D eigenvalue weighted by Crippen LogP contribution is -2.27. The van der Waals surface area contributed by atoms with E-state index in [4.69, 9.17) is 0 Å². The summed E-state index contributed by atoms with van der Waals surface area (Å²) in [5.41, 5.74) is 5.27. The number of hydrogen-bond donors (Lipinski definition) is 0. The van der Waals surface area contributed by atoms with Crippen molar-refractivity contribution in [2.24, 2.45) is 0 Å². The van der Waals surface area contributed by atoms with Gasteiger partial charge >= 0.3 is 0 Å². The second kappa shape index (κ2) is 5.41. The van der Waals surface area contributed by atoms with Crippen LogP contribution in [0.25, 0.3) is 9.75 Å². The Balaban J connectivity index is 1.96. The summed E-state index contributed by atoms with van der Waals surface area (Å²) in [7, 11) is 0. The first kappa shape index (κ1) is 14.6. The summed E-state index contributed by atoms with van der Waals surface area (Å²) in [5.74, 6) is 0. The largest absolute Gasteiger partial charge is 0.143 e. The fourth-order valence-corrected chi connectivity index (χ4v) is 6.68. The summed E-state index contributed by atoms with van der Waals surface area (Å²) in [6, 6.07) is 26.4. The molecule has 1 aliphatic rings. The van der Waals surface area contributed by atoms with Crippen molar-refractivity contribution in [3.05, 3.63) is 104 Å². The van der Waals surface area contributed by atoms with Gasteiger partial charge in [-0.1, -0.05) is 60.7 Å². The minimum Gasteiger partial charge on any atom is -0.143 e. The second-order valence-corrected chi connectivity index (χ2v) is 9.29. The Kier molecular flexibility index (Phi) is 3.30. The van der Waals surface area contributed by atoms with Gasteiger partial charge in [-0.2, -0.15) is 0 Å². The Morgan fingerprint density at radius 3 is 1.96 bits per heavy atom. The monoisotopic (exact) mass is 408 g/mol. The molecule has 0 radical (unpaired) electrons. The van der Waals surface area contributed by atoms with Gasteiger partial charge in [0.25, 0.3) is 0 Å². The fraction of sp³-hybridized carbons (Fsp3) is 0.0476. The lowest BCUT2D eigenvalue weighted by atomic mass is 9.68. The number of hydrogen-bond acceptors (Lipinski definition) is 2. The SMILES string of the molecule is Brc1cc2c(s1)-c1sccc1C2(c1ccccc1)c1ccccc1. The molecular weight excluding hydrogens is 396 g/mol. The average Bonchev–Trinajstić information content (AvgIpc) is 3.29. The molecule has 0 saturated heterocycles. The van der Waals surface area contributed by atoms with Crippen LogP contribution in [0.3, 0.4) is 0 Å².